The van der Waals surface area contributed by atoms with E-state index in [1.807, 2.05) is 18.2 Å². The predicted molar refractivity (Wildman–Crippen MR) is 135 cm³/mol. The Balaban J connectivity index is 1.46. The summed E-state index contributed by atoms with van der Waals surface area (Å²) in [4.78, 5) is 41.1. The fraction of sp³-hybridized carbons (Fsp3) is 0.185. The van der Waals surface area contributed by atoms with Gasteiger partial charge in [-0.15, -0.1) is 11.3 Å². The number of carbonyl (C=O) groups excluding carboxylic acids is 3. The van der Waals surface area contributed by atoms with Gasteiger partial charge in [0.15, 0.2) is 29.7 Å². The number of pyridine rings is 1. The lowest BCUT2D eigenvalue weighted by molar-refractivity contribution is -0.119. The summed E-state index contributed by atoms with van der Waals surface area (Å²) in [5.41, 5.74) is 8.73. The summed E-state index contributed by atoms with van der Waals surface area (Å²) in [6, 6.07) is 16.1. The third-order valence-electron chi connectivity index (χ3n) is 5.54. The molecule has 0 aliphatic carbocycles. The molecule has 0 atom stereocenters. The maximum atomic E-state index is 12.8. The summed E-state index contributed by atoms with van der Waals surface area (Å²) in [6.07, 6.45) is 0.0526. The van der Waals surface area contributed by atoms with Crippen molar-refractivity contribution in [3.05, 3.63) is 76.8 Å². The molecule has 0 saturated heterocycles. The minimum atomic E-state index is -0.620. The maximum absolute atomic E-state index is 12.8. The molecule has 8 heteroatoms. The Hall–Kier alpha value is -4.04. The Bertz CT molecular complexity index is 1430. The van der Waals surface area contributed by atoms with E-state index >= 15 is 0 Å². The maximum Gasteiger partial charge on any atom is 0.255 e. The van der Waals surface area contributed by atoms with Gasteiger partial charge >= 0.3 is 0 Å². The molecule has 2 N–H and O–H groups in total. The van der Waals surface area contributed by atoms with E-state index in [1.54, 1.807) is 23.5 Å². The number of nitrogens with two attached hydrogens (primary N) is 1. The van der Waals surface area contributed by atoms with Gasteiger partial charge in [0, 0.05) is 39.4 Å². The quantitative estimate of drug-likeness (QED) is 0.315. The first-order valence-corrected chi connectivity index (χ1v) is 11.8. The number of amides is 1. The molecule has 0 unspecified atom stereocenters. The van der Waals surface area contributed by atoms with Gasteiger partial charge in [0.1, 0.15) is 5.69 Å². The number of ketones is 2. The summed E-state index contributed by atoms with van der Waals surface area (Å²) in [5.74, 6) is -0.435. The van der Waals surface area contributed by atoms with Gasteiger partial charge in [0.25, 0.3) is 5.91 Å². The van der Waals surface area contributed by atoms with Crippen LogP contribution in [0.5, 0.6) is 11.5 Å². The van der Waals surface area contributed by atoms with Crippen molar-refractivity contribution in [2.45, 2.75) is 19.8 Å². The van der Waals surface area contributed by atoms with Crippen LogP contribution >= 0.6 is 11.3 Å². The molecule has 0 spiro atoms. The predicted octanol–water partition coefficient (Wildman–Crippen LogP) is 4.99. The minimum Gasteiger partial charge on any atom is -0.493 e. The molecule has 2 aromatic heterocycles. The number of rotatable bonds is 10. The van der Waals surface area contributed by atoms with E-state index in [4.69, 9.17) is 15.2 Å². The first kappa shape index (κ1) is 24.1. The Morgan fingerprint density at radius 1 is 0.971 bits per heavy atom. The van der Waals surface area contributed by atoms with Crippen LogP contribution in [-0.2, 0) is 4.79 Å². The molecule has 0 aliphatic heterocycles. The van der Waals surface area contributed by atoms with Crippen LogP contribution in [-0.4, -0.2) is 36.2 Å². The van der Waals surface area contributed by atoms with Crippen LogP contribution in [0.15, 0.2) is 60.0 Å². The van der Waals surface area contributed by atoms with Gasteiger partial charge in [-0.05, 0) is 42.8 Å². The van der Waals surface area contributed by atoms with E-state index in [1.165, 1.54) is 29.5 Å². The van der Waals surface area contributed by atoms with Crippen LogP contribution in [0.4, 0.5) is 0 Å². The van der Waals surface area contributed by atoms with E-state index < -0.39 is 5.91 Å². The van der Waals surface area contributed by atoms with Crippen molar-refractivity contribution >= 4 is 38.9 Å². The molecule has 0 radical (unpaired) electrons. The summed E-state index contributed by atoms with van der Waals surface area (Å²) in [6.45, 7) is 1.77. The molecule has 4 aromatic rings. The number of methoxy groups -OCH3 is 1. The molecule has 178 valence electrons. The number of aryl methyl sites for hydroxylation is 1. The number of Topliss-reactive ketones (excluding diaryl/α,β-unsaturated/α-hetero) is 2. The third-order valence-corrected chi connectivity index (χ3v) is 6.67. The molecule has 2 heterocycles. The van der Waals surface area contributed by atoms with Crippen LogP contribution < -0.4 is 15.2 Å². The molecular formula is C27H24N2O5S. The first-order valence-electron chi connectivity index (χ1n) is 11.0. The van der Waals surface area contributed by atoms with Crippen LogP contribution in [0.1, 0.15) is 39.3 Å². The summed E-state index contributed by atoms with van der Waals surface area (Å²) < 4.78 is 11.7. The molecular weight excluding hydrogens is 464 g/mol. The number of fused-ring (bicyclic) bond motifs is 1. The number of hydrogen-bond donors (Lipinski definition) is 1. The number of nitrogens with zero attached hydrogens (tertiary/aromatic N) is 1. The second-order valence-corrected chi connectivity index (χ2v) is 8.86. The SMILES string of the molecule is COc1cc(C(=O)CCC(=O)c2cccc(-c3csc4c(C)cccc34)n2)ccc1OCC(N)=O. The van der Waals surface area contributed by atoms with Gasteiger partial charge in [-0.25, -0.2) is 4.98 Å². The molecule has 35 heavy (non-hydrogen) atoms. The zero-order valence-electron chi connectivity index (χ0n) is 19.4. The molecule has 0 fully saturated rings. The zero-order chi connectivity index (χ0) is 24.9. The fourth-order valence-corrected chi connectivity index (χ4v) is 4.79. The lowest BCUT2D eigenvalue weighted by Crippen LogP contribution is -2.20. The summed E-state index contributed by atoms with van der Waals surface area (Å²) >= 11 is 1.66. The highest BCUT2D eigenvalue weighted by Gasteiger charge is 2.16. The lowest BCUT2D eigenvalue weighted by atomic mass is 10.0. The zero-order valence-corrected chi connectivity index (χ0v) is 20.2. The van der Waals surface area contributed by atoms with Crippen molar-refractivity contribution in [3.63, 3.8) is 0 Å². The Kier molecular flexibility index (Phi) is 7.22. The monoisotopic (exact) mass is 488 g/mol. The van der Waals surface area contributed by atoms with Crippen molar-refractivity contribution in [1.82, 2.24) is 4.98 Å². The average Bonchev–Trinajstić information content (AvgIpc) is 3.31. The van der Waals surface area contributed by atoms with Crippen LogP contribution in [0, 0.1) is 6.92 Å². The van der Waals surface area contributed by atoms with Gasteiger partial charge in [-0.3, -0.25) is 14.4 Å². The number of ether oxygens (including phenoxy) is 2. The standard InChI is InChI=1S/C27H24N2O5S/c1-16-5-3-6-18-19(15-35-27(16)18)20-7-4-8-21(29-20)23(31)11-10-22(30)17-9-12-24(25(13-17)33-2)34-14-26(28)32/h3-9,12-13,15H,10-11,14H2,1-2H3,(H2,28,32). The van der Waals surface area contributed by atoms with Gasteiger partial charge < -0.3 is 15.2 Å². The normalized spacial score (nSPS) is 10.8. The topological polar surface area (TPSA) is 109 Å². The smallest absolute Gasteiger partial charge is 0.255 e. The van der Waals surface area contributed by atoms with Crippen LogP contribution in [0.2, 0.25) is 0 Å². The molecule has 0 aliphatic rings. The number of aromatic nitrogens is 1. The first-order chi connectivity index (χ1) is 16.9. The van der Waals surface area contributed by atoms with E-state index in [9.17, 15) is 14.4 Å². The van der Waals surface area contributed by atoms with E-state index in [-0.39, 0.29) is 31.0 Å². The lowest BCUT2D eigenvalue weighted by Gasteiger charge is -2.11. The Morgan fingerprint density at radius 2 is 1.74 bits per heavy atom. The number of hydrogen-bond acceptors (Lipinski definition) is 7. The van der Waals surface area contributed by atoms with Crippen LogP contribution in [0.3, 0.4) is 0 Å². The molecule has 4 rings (SSSR count). The number of thiophene rings is 1. The minimum absolute atomic E-state index is 0.0238. The highest BCUT2D eigenvalue weighted by atomic mass is 32.1. The Labute approximate surface area is 206 Å². The van der Waals surface area contributed by atoms with Crippen molar-refractivity contribution in [2.75, 3.05) is 13.7 Å². The van der Waals surface area contributed by atoms with E-state index in [2.05, 4.69) is 29.4 Å². The van der Waals surface area contributed by atoms with E-state index in [0.29, 0.717) is 22.8 Å². The van der Waals surface area contributed by atoms with Gasteiger partial charge in [0.05, 0.1) is 12.8 Å². The highest BCUT2D eigenvalue weighted by molar-refractivity contribution is 7.18. The third kappa shape index (κ3) is 5.38. The molecule has 2 aromatic carbocycles. The van der Waals surface area contributed by atoms with Crippen molar-refractivity contribution < 1.29 is 23.9 Å². The van der Waals surface area contributed by atoms with Gasteiger partial charge in [-0.1, -0.05) is 24.3 Å². The van der Waals surface area contributed by atoms with Gasteiger partial charge in [-0.2, -0.15) is 0 Å². The molecule has 1 amide bonds. The molecule has 7 nitrogen and oxygen atoms in total. The number of carbonyl (C=O) groups is 3. The van der Waals surface area contributed by atoms with Crippen molar-refractivity contribution in [1.29, 1.82) is 0 Å². The average molecular weight is 489 g/mol. The number of benzene rings is 2. The fourth-order valence-electron chi connectivity index (χ4n) is 3.75. The second kappa shape index (κ2) is 10.5. The Morgan fingerprint density at radius 3 is 2.51 bits per heavy atom. The number of primary amides is 1. The summed E-state index contributed by atoms with van der Waals surface area (Å²) in [5, 5.41) is 3.17. The second-order valence-electron chi connectivity index (χ2n) is 7.98. The highest BCUT2D eigenvalue weighted by Crippen LogP contribution is 2.35. The van der Waals surface area contributed by atoms with E-state index in [0.717, 1.165) is 16.6 Å². The molecule has 0 bridgehead atoms. The molecule has 0 saturated carbocycles. The van der Waals surface area contributed by atoms with Crippen molar-refractivity contribution in [2.24, 2.45) is 5.73 Å². The summed E-state index contributed by atoms with van der Waals surface area (Å²) in [7, 11) is 1.43. The van der Waals surface area contributed by atoms with Gasteiger partial charge in [0.2, 0.25) is 0 Å². The van der Waals surface area contributed by atoms with Crippen LogP contribution in [0.25, 0.3) is 21.3 Å². The van der Waals surface area contributed by atoms with Crippen molar-refractivity contribution in [3.8, 4) is 22.8 Å². The largest absolute Gasteiger partial charge is 0.493 e.